The Morgan fingerprint density at radius 2 is 1.58 bits per heavy atom. The molecule has 0 radical (unpaired) electrons. The summed E-state index contributed by atoms with van der Waals surface area (Å²) in [7, 11) is 0. The maximum atomic E-state index is 6.02. The van der Waals surface area contributed by atoms with Crippen molar-refractivity contribution >= 4 is 12.2 Å². The van der Waals surface area contributed by atoms with Gasteiger partial charge in [-0.25, -0.2) is 4.68 Å². The van der Waals surface area contributed by atoms with E-state index in [0.29, 0.717) is 24.7 Å². The predicted molar refractivity (Wildman–Crippen MR) is 143 cm³/mol. The lowest BCUT2D eigenvalue weighted by molar-refractivity contribution is 0.168. The smallest absolute Gasteiger partial charge is 0.204 e. The van der Waals surface area contributed by atoms with E-state index in [1.807, 2.05) is 10.7 Å². The highest BCUT2D eigenvalue weighted by molar-refractivity contribution is 7.71. The number of nitrogens with zero attached hydrogens (tertiary/aromatic N) is 4. The Morgan fingerprint density at radius 1 is 0.889 bits per heavy atom. The molecule has 3 heterocycles. The third kappa shape index (κ3) is 4.33. The molecule has 7 heteroatoms. The van der Waals surface area contributed by atoms with Crippen LogP contribution in [0, 0.1) is 18.6 Å². The summed E-state index contributed by atoms with van der Waals surface area (Å²) in [4.78, 5) is 2.46. The summed E-state index contributed by atoms with van der Waals surface area (Å²) in [6, 6.07) is 23.6. The van der Waals surface area contributed by atoms with E-state index in [4.69, 9.17) is 26.8 Å². The molecule has 36 heavy (non-hydrogen) atoms. The molecule has 0 amide bonds. The van der Waals surface area contributed by atoms with Crippen LogP contribution in [0.5, 0.6) is 11.5 Å². The molecule has 0 spiro atoms. The van der Waals surface area contributed by atoms with Crippen LogP contribution >= 0.6 is 12.2 Å². The lowest BCUT2D eigenvalue weighted by Gasteiger charge is -2.26. The molecule has 184 valence electrons. The highest BCUT2D eigenvalue weighted by Gasteiger charge is 2.28. The predicted octanol–water partition coefficient (Wildman–Crippen LogP) is 6.25. The molecule has 0 N–H and O–H groups in total. The summed E-state index contributed by atoms with van der Waals surface area (Å²) >= 11 is 6.02. The second-order valence-corrected chi connectivity index (χ2v) is 10.0. The van der Waals surface area contributed by atoms with Crippen LogP contribution in [0.4, 0.5) is 0 Å². The van der Waals surface area contributed by atoms with Gasteiger partial charge in [-0.1, -0.05) is 53.6 Å². The van der Waals surface area contributed by atoms with Gasteiger partial charge in [0.25, 0.3) is 0 Å². The normalized spacial score (nSPS) is 17.4. The standard InChI is InChI=1S/C29H30N4O2S/c1-20-5-9-22(10-6-20)28-30-32(29(36)33(28)24-12-7-21(2)8-13-24)19-31-15-3-4-25(31)23-11-14-26-27(18-23)35-17-16-34-26/h5-14,18,25H,3-4,15-17,19H2,1-2H3. The van der Waals surface area contributed by atoms with E-state index in [9.17, 15) is 0 Å². The molecule has 6 nitrogen and oxygen atoms in total. The number of likely N-dealkylation sites (tertiary alicyclic amines) is 1. The molecule has 6 rings (SSSR count). The van der Waals surface area contributed by atoms with Gasteiger partial charge in [0.1, 0.15) is 13.2 Å². The zero-order valence-electron chi connectivity index (χ0n) is 20.7. The van der Waals surface area contributed by atoms with Gasteiger partial charge in [0.05, 0.1) is 6.67 Å². The molecule has 4 aromatic rings. The Morgan fingerprint density at radius 3 is 2.33 bits per heavy atom. The van der Waals surface area contributed by atoms with Crippen molar-refractivity contribution in [3.63, 3.8) is 0 Å². The first-order valence-electron chi connectivity index (χ1n) is 12.5. The molecule has 2 aliphatic heterocycles. The van der Waals surface area contributed by atoms with Crippen molar-refractivity contribution < 1.29 is 9.47 Å². The number of aryl methyl sites for hydroxylation is 2. The van der Waals surface area contributed by atoms with Gasteiger partial charge in [0.15, 0.2) is 17.3 Å². The van der Waals surface area contributed by atoms with Gasteiger partial charge in [-0.05, 0) is 68.7 Å². The van der Waals surface area contributed by atoms with Gasteiger partial charge in [0.2, 0.25) is 4.77 Å². The van der Waals surface area contributed by atoms with Crippen LogP contribution in [0.3, 0.4) is 0 Å². The average Bonchev–Trinajstić information content (AvgIpc) is 3.49. The third-order valence-corrected chi connectivity index (χ3v) is 7.46. The number of ether oxygens (including phenoxy) is 2. The number of fused-ring (bicyclic) bond motifs is 1. The van der Waals surface area contributed by atoms with Gasteiger partial charge >= 0.3 is 0 Å². The van der Waals surface area contributed by atoms with Crippen LogP contribution in [0.15, 0.2) is 66.7 Å². The molecule has 1 saturated heterocycles. The molecule has 1 atom stereocenters. The van der Waals surface area contributed by atoms with Crippen LogP contribution in [-0.4, -0.2) is 39.0 Å². The monoisotopic (exact) mass is 498 g/mol. The second kappa shape index (κ2) is 9.56. The molecule has 0 aliphatic carbocycles. The molecule has 3 aromatic carbocycles. The number of rotatable bonds is 5. The SMILES string of the molecule is Cc1ccc(-c2nn(CN3CCCC3c3ccc4c(c3)OCCO4)c(=S)n2-c2ccc(C)cc2)cc1. The van der Waals surface area contributed by atoms with Crippen LogP contribution in [0.2, 0.25) is 0 Å². The molecule has 0 bridgehead atoms. The molecule has 0 saturated carbocycles. The highest BCUT2D eigenvalue weighted by Crippen LogP contribution is 2.38. The van der Waals surface area contributed by atoms with E-state index in [0.717, 1.165) is 48.0 Å². The van der Waals surface area contributed by atoms with Crippen molar-refractivity contribution in [1.82, 2.24) is 19.2 Å². The zero-order chi connectivity index (χ0) is 24.6. The van der Waals surface area contributed by atoms with Crippen molar-refractivity contribution in [3.8, 4) is 28.6 Å². The van der Waals surface area contributed by atoms with E-state index in [1.54, 1.807) is 0 Å². The largest absolute Gasteiger partial charge is 0.486 e. The van der Waals surface area contributed by atoms with Crippen LogP contribution in [-0.2, 0) is 6.67 Å². The summed E-state index contributed by atoms with van der Waals surface area (Å²) in [6.45, 7) is 7.03. The zero-order valence-corrected chi connectivity index (χ0v) is 21.5. The Kier molecular flexibility index (Phi) is 6.11. The first kappa shape index (κ1) is 23.0. The molecular weight excluding hydrogens is 468 g/mol. The van der Waals surface area contributed by atoms with Gasteiger partial charge < -0.3 is 9.47 Å². The fourth-order valence-corrected chi connectivity index (χ4v) is 5.42. The van der Waals surface area contributed by atoms with Gasteiger partial charge in [0, 0.05) is 23.8 Å². The number of benzene rings is 3. The average molecular weight is 499 g/mol. The lowest BCUT2D eigenvalue weighted by atomic mass is 10.0. The molecule has 1 unspecified atom stereocenters. The fraction of sp³-hybridized carbons (Fsp3) is 0.310. The minimum atomic E-state index is 0.287. The Labute approximate surface area is 216 Å². The minimum Gasteiger partial charge on any atom is -0.486 e. The van der Waals surface area contributed by atoms with E-state index < -0.39 is 0 Å². The first-order chi connectivity index (χ1) is 17.6. The van der Waals surface area contributed by atoms with E-state index in [-0.39, 0.29) is 6.04 Å². The van der Waals surface area contributed by atoms with Gasteiger partial charge in [-0.3, -0.25) is 9.47 Å². The van der Waals surface area contributed by atoms with Crippen LogP contribution in [0.1, 0.15) is 35.6 Å². The molecule has 1 fully saturated rings. The summed E-state index contributed by atoms with van der Waals surface area (Å²) in [5.41, 5.74) is 5.76. The molecule has 1 aromatic heterocycles. The van der Waals surface area contributed by atoms with Crippen molar-refractivity contribution in [2.45, 2.75) is 39.4 Å². The van der Waals surface area contributed by atoms with Crippen LogP contribution < -0.4 is 9.47 Å². The maximum Gasteiger partial charge on any atom is 0.204 e. The summed E-state index contributed by atoms with van der Waals surface area (Å²) in [5.74, 6) is 2.53. The molecule has 2 aliphatic rings. The van der Waals surface area contributed by atoms with E-state index in [2.05, 4.69) is 84.0 Å². The lowest BCUT2D eigenvalue weighted by Crippen LogP contribution is -2.27. The van der Waals surface area contributed by atoms with Crippen molar-refractivity contribution in [2.24, 2.45) is 0 Å². The number of hydrogen-bond donors (Lipinski definition) is 0. The Bertz CT molecular complexity index is 1440. The van der Waals surface area contributed by atoms with Crippen molar-refractivity contribution in [3.05, 3.63) is 88.2 Å². The van der Waals surface area contributed by atoms with Crippen molar-refractivity contribution in [2.75, 3.05) is 19.8 Å². The second-order valence-electron chi connectivity index (χ2n) is 9.66. The van der Waals surface area contributed by atoms with Crippen LogP contribution in [0.25, 0.3) is 17.1 Å². The van der Waals surface area contributed by atoms with E-state index in [1.165, 1.54) is 16.7 Å². The Balaban J connectivity index is 1.36. The van der Waals surface area contributed by atoms with Gasteiger partial charge in [-0.2, -0.15) is 0 Å². The molecular formula is C29H30N4O2S. The van der Waals surface area contributed by atoms with E-state index >= 15 is 0 Å². The Hall–Kier alpha value is -3.42. The highest BCUT2D eigenvalue weighted by atomic mass is 32.1. The maximum absolute atomic E-state index is 6.02. The minimum absolute atomic E-state index is 0.287. The third-order valence-electron chi connectivity index (χ3n) is 7.07. The van der Waals surface area contributed by atoms with Gasteiger partial charge in [-0.15, -0.1) is 5.10 Å². The van der Waals surface area contributed by atoms with Crippen molar-refractivity contribution in [1.29, 1.82) is 0 Å². The topological polar surface area (TPSA) is 44.5 Å². The summed E-state index contributed by atoms with van der Waals surface area (Å²) in [6.07, 6.45) is 2.23. The quantitative estimate of drug-likeness (QED) is 0.304. The summed E-state index contributed by atoms with van der Waals surface area (Å²) in [5, 5.41) is 5.06. The first-order valence-corrected chi connectivity index (χ1v) is 13.0. The fourth-order valence-electron chi connectivity index (χ4n) is 5.13. The number of aromatic nitrogens is 3. The number of hydrogen-bond acceptors (Lipinski definition) is 5. The summed E-state index contributed by atoms with van der Waals surface area (Å²) < 4.78 is 16.3.